The second kappa shape index (κ2) is 8.25. The molecule has 0 bridgehead atoms. The van der Waals surface area contributed by atoms with Gasteiger partial charge in [-0.1, -0.05) is 32.1 Å². The van der Waals surface area contributed by atoms with Crippen molar-refractivity contribution < 1.29 is 23.5 Å². The van der Waals surface area contributed by atoms with Gasteiger partial charge in [0.05, 0.1) is 12.4 Å². The van der Waals surface area contributed by atoms with Crippen molar-refractivity contribution in [2.24, 2.45) is 5.92 Å². The van der Waals surface area contributed by atoms with E-state index in [1.54, 1.807) is 26.0 Å². The van der Waals surface area contributed by atoms with Crippen LogP contribution in [0.5, 0.6) is 0 Å². The predicted octanol–water partition coefficient (Wildman–Crippen LogP) is 2.21. The van der Waals surface area contributed by atoms with Gasteiger partial charge < -0.3 is 19.8 Å². The van der Waals surface area contributed by atoms with Gasteiger partial charge in [-0.15, -0.1) is 0 Å². The summed E-state index contributed by atoms with van der Waals surface area (Å²) in [4.78, 5) is 37.7. The number of nitrogens with one attached hydrogen (secondary N) is 2. The zero-order valence-corrected chi connectivity index (χ0v) is 16.0. The molecule has 3 atom stereocenters. The standard InChI is InChI=1S/C20H28N2O5/c1-13-20(2,17(23)12-27-13)22-18(24)15(11-14-7-4-3-5-8-14)21-19(25)16-9-6-10-26-16/h6,9-10,13-15H,3-5,7-8,11-12H2,1-2H3,(H,21,25)(H,22,24). The maximum atomic E-state index is 13.0. The van der Waals surface area contributed by atoms with Gasteiger partial charge in [-0.2, -0.15) is 0 Å². The Morgan fingerprint density at radius 3 is 2.63 bits per heavy atom. The molecule has 2 aliphatic rings. The van der Waals surface area contributed by atoms with Crippen LogP contribution in [-0.2, 0) is 14.3 Å². The molecule has 0 radical (unpaired) electrons. The number of ether oxygens (including phenoxy) is 1. The summed E-state index contributed by atoms with van der Waals surface area (Å²) in [5.74, 6) is -0.391. The number of furan rings is 1. The van der Waals surface area contributed by atoms with Crippen LogP contribution < -0.4 is 10.6 Å². The minimum absolute atomic E-state index is 0.00993. The monoisotopic (exact) mass is 376 g/mol. The summed E-state index contributed by atoms with van der Waals surface area (Å²) < 4.78 is 10.5. The fourth-order valence-electron chi connectivity index (χ4n) is 3.88. The molecule has 27 heavy (non-hydrogen) atoms. The van der Waals surface area contributed by atoms with Crippen LogP contribution >= 0.6 is 0 Å². The molecule has 1 saturated heterocycles. The van der Waals surface area contributed by atoms with Gasteiger partial charge >= 0.3 is 0 Å². The molecule has 1 saturated carbocycles. The first-order valence-electron chi connectivity index (χ1n) is 9.71. The number of carbonyl (C=O) groups excluding carboxylic acids is 3. The van der Waals surface area contributed by atoms with Crippen LogP contribution in [0.25, 0.3) is 0 Å². The Balaban J connectivity index is 1.72. The summed E-state index contributed by atoms with van der Waals surface area (Å²) in [6.45, 7) is 3.43. The van der Waals surface area contributed by atoms with Crippen molar-refractivity contribution in [1.29, 1.82) is 0 Å². The molecular formula is C20H28N2O5. The Morgan fingerprint density at radius 1 is 1.30 bits per heavy atom. The molecule has 2 amide bonds. The lowest BCUT2D eigenvalue weighted by molar-refractivity contribution is -0.131. The molecule has 2 heterocycles. The van der Waals surface area contributed by atoms with E-state index in [-0.39, 0.29) is 24.1 Å². The highest BCUT2D eigenvalue weighted by Crippen LogP contribution is 2.28. The number of hydrogen-bond donors (Lipinski definition) is 2. The molecular weight excluding hydrogens is 348 g/mol. The van der Waals surface area contributed by atoms with Crippen molar-refractivity contribution in [3.05, 3.63) is 24.2 Å². The second-order valence-corrected chi connectivity index (χ2v) is 7.81. The highest BCUT2D eigenvalue weighted by molar-refractivity contribution is 5.99. The van der Waals surface area contributed by atoms with E-state index >= 15 is 0 Å². The third-order valence-corrected chi connectivity index (χ3v) is 5.90. The van der Waals surface area contributed by atoms with Gasteiger partial charge in [-0.25, -0.2) is 0 Å². The number of amides is 2. The summed E-state index contributed by atoms with van der Waals surface area (Å²) >= 11 is 0. The summed E-state index contributed by atoms with van der Waals surface area (Å²) in [7, 11) is 0. The molecule has 148 valence electrons. The van der Waals surface area contributed by atoms with Crippen LogP contribution in [0, 0.1) is 5.92 Å². The van der Waals surface area contributed by atoms with Gasteiger partial charge in [0.25, 0.3) is 5.91 Å². The fraction of sp³-hybridized carbons (Fsp3) is 0.650. The summed E-state index contributed by atoms with van der Waals surface area (Å²) in [6.07, 6.45) is 7.17. The first-order chi connectivity index (χ1) is 12.9. The van der Waals surface area contributed by atoms with E-state index in [2.05, 4.69) is 10.6 Å². The van der Waals surface area contributed by atoms with Crippen LogP contribution in [-0.4, -0.2) is 41.9 Å². The summed E-state index contributed by atoms with van der Waals surface area (Å²) in [6, 6.07) is 2.47. The molecule has 2 N–H and O–H groups in total. The second-order valence-electron chi connectivity index (χ2n) is 7.81. The fourth-order valence-corrected chi connectivity index (χ4v) is 3.88. The number of Topliss-reactive ketones (excluding diaryl/α,β-unsaturated/α-hetero) is 1. The third-order valence-electron chi connectivity index (χ3n) is 5.90. The zero-order valence-electron chi connectivity index (χ0n) is 16.0. The van der Waals surface area contributed by atoms with Gasteiger partial charge in [-0.3, -0.25) is 14.4 Å². The Kier molecular flexibility index (Phi) is 5.99. The highest BCUT2D eigenvalue weighted by Gasteiger charge is 2.47. The van der Waals surface area contributed by atoms with Crippen LogP contribution in [0.1, 0.15) is 62.9 Å². The van der Waals surface area contributed by atoms with Crippen LogP contribution in [0.15, 0.2) is 22.8 Å². The molecule has 1 aromatic rings. The molecule has 7 heteroatoms. The van der Waals surface area contributed by atoms with Gasteiger partial charge in [0.15, 0.2) is 11.5 Å². The van der Waals surface area contributed by atoms with Gasteiger partial charge in [0, 0.05) is 0 Å². The van der Waals surface area contributed by atoms with Crippen molar-refractivity contribution >= 4 is 17.6 Å². The number of ketones is 1. The molecule has 3 unspecified atom stereocenters. The molecule has 7 nitrogen and oxygen atoms in total. The molecule has 3 rings (SSSR count). The smallest absolute Gasteiger partial charge is 0.287 e. The van der Waals surface area contributed by atoms with E-state index in [1.807, 2.05) is 0 Å². The average Bonchev–Trinajstić information content (AvgIpc) is 3.27. The average molecular weight is 376 g/mol. The third kappa shape index (κ3) is 4.40. The lowest BCUT2D eigenvalue weighted by Gasteiger charge is -2.31. The number of carbonyl (C=O) groups is 3. The Labute approximate surface area is 159 Å². The van der Waals surface area contributed by atoms with Crippen LogP contribution in [0.3, 0.4) is 0 Å². The molecule has 2 fully saturated rings. The minimum Gasteiger partial charge on any atom is -0.459 e. The summed E-state index contributed by atoms with van der Waals surface area (Å²) in [5.41, 5.74) is -1.07. The highest BCUT2D eigenvalue weighted by atomic mass is 16.5. The topological polar surface area (TPSA) is 97.6 Å². The van der Waals surface area contributed by atoms with Crippen molar-refractivity contribution in [2.45, 2.75) is 70.1 Å². The minimum atomic E-state index is -1.07. The summed E-state index contributed by atoms with van der Waals surface area (Å²) in [5, 5.41) is 5.63. The lowest BCUT2D eigenvalue weighted by Crippen LogP contribution is -2.60. The molecule has 0 spiro atoms. The molecule has 0 aromatic carbocycles. The van der Waals surface area contributed by atoms with Crippen molar-refractivity contribution in [1.82, 2.24) is 10.6 Å². The predicted molar refractivity (Wildman–Crippen MR) is 98.1 cm³/mol. The first kappa shape index (κ1) is 19.6. The normalized spacial score (nSPS) is 27.3. The van der Waals surface area contributed by atoms with E-state index in [9.17, 15) is 14.4 Å². The van der Waals surface area contributed by atoms with Gasteiger partial charge in [0.2, 0.25) is 5.91 Å². The van der Waals surface area contributed by atoms with E-state index in [0.717, 1.165) is 25.7 Å². The lowest BCUT2D eigenvalue weighted by atomic mass is 9.84. The quantitative estimate of drug-likeness (QED) is 0.793. The number of rotatable bonds is 6. The Hall–Kier alpha value is -2.15. The van der Waals surface area contributed by atoms with Crippen molar-refractivity contribution in [2.75, 3.05) is 6.61 Å². The van der Waals surface area contributed by atoms with E-state index in [0.29, 0.717) is 12.3 Å². The maximum Gasteiger partial charge on any atom is 0.287 e. The van der Waals surface area contributed by atoms with Crippen molar-refractivity contribution in [3.8, 4) is 0 Å². The first-order valence-corrected chi connectivity index (χ1v) is 9.71. The molecule has 1 aliphatic carbocycles. The SMILES string of the molecule is CC1OCC(=O)C1(C)NC(=O)C(CC1CCCCC1)NC(=O)c1ccco1. The van der Waals surface area contributed by atoms with E-state index in [4.69, 9.17) is 9.15 Å². The van der Waals surface area contributed by atoms with Crippen LogP contribution in [0.4, 0.5) is 0 Å². The van der Waals surface area contributed by atoms with Crippen molar-refractivity contribution in [3.63, 3.8) is 0 Å². The number of hydrogen-bond acceptors (Lipinski definition) is 5. The van der Waals surface area contributed by atoms with Gasteiger partial charge in [0.1, 0.15) is 18.2 Å². The Bertz CT molecular complexity index is 681. The van der Waals surface area contributed by atoms with E-state index in [1.165, 1.54) is 12.7 Å². The zero-order chi connectivity index (χ0) is 19.4. The molecule has 1 aliphatic heterocycles. The Morgan fingerprint density at radius 2 is 2.04 bits per heavy atom. The maximum absolute atomic E-state index is 13.0. The van der Waals surface area contributed by atoms with Crippen LogP contribution in [0.2, 0.25) is 0 Å². The van der Waals surface area contributed by atoms with E-state index < -0.39 is 23.6 Å². The molecule has 1 aromatic heterocycles. The van der Waals surface area contributed by atoms with Gasteiger partial charge in [-0.05, 0) is 38.3 Å². The largest absolute Gasteiger partial charge is 0.459 e.